The molecule has 1 aliphatic carbocycles. The number of benzene rings is 2. The molecule has 1 atom stereocenters. The van der Waals surface area contributed by atoms with E-state index in [4.69, 9.17) is 9.73 Å². The molecule has 0 bridgehead atoms. The van der Waals surface area contributed by atoms with Crippen LogP contribution in [0, 0.1) is 0 Å². The van der Waals surface area contributed by atoms with E-state index in [1.54, 1.807) is 0 Å². The number of nitrogens with one attached hydrogen (secondary N) is 3. The Bertz CT molecular complexity index is 918. The summed E-state index contributed by atoms with van der Waals surface area (Å²) in [6.45, 7) is 4.96. The van der Waals surface area contributed by atoms with E-state index < -0.39 is 0 Å². The highest BCUT2D eigenvalue weighted by Crippen LogP contribution is 2.43. The van der Waals surface area contributed by atoms with Crippen molar-refractivity contribution in [3.63, 3.8) is 0 Å². The van der Waals surface area contributed by atoms with Crippen molar-refractivity contribution in [3.05, 3.63) is 65.7 Å². The second-order valence-corrected chi connectivity index (χ2v) is 8.74. The quantitative estimate of drug-likeness (QED) is 0.434. The molecule has 1 unspecified atom stereocenters. The lowest BCUT2D eigenvalue weighted by Gasteiger charge is -2.43. The van der Waals surface area contributed by atoms with E-state index in [9.17, 15) is 4.79 Å². The van der Waals surface area contributed by atoms with Gasteiger partial charge in [0.05, 0.1) is 6.54 Å². The van der Waals surface area contributed by atoms with Crippen molar-refractivity contribution in [1.82, 2.24) is 10.6 Å². The van der Waals surface area contributed by atoms with Gasteiger partial charge in [0, 0.05) is 30.8 Å². The summed E-state index contributed by atoms with van der Waals surface area (Å²) in [4.78, 5) is 17.1. The van der Waals surface area contributed by atoms with Crippen molar-refractivity contribution in [2.75, 3.05) is 25.0 Å². The molecule has 32 heavy (non-hydrogen) atoms. The van der Waals surface area contributed by atoms with E-state index in [2.05, 4.69) is 53.2 Å². The Hall–Kier alpha value is -2.86. The minimum atomic E-state index is -0.329. The largest absolute Gasteiger partial charge is 0.368 e. The summed E-state index contributed by atoms with van der Waals surface area (Å²) in [6.07, 6.45) is 5.08. The van der Waals surface area contributed by atoms with Crippen molar-refractivity contribution in [2.45, 2.75) is 57.1 Å². The smallest absolute Gasteiger partial charge is 0.253 e. The van der Waals surface area contributed by atoms with Gasteiger partial charge in [-0.2, -0.15) is 0 Å². The monoisotopic (exact) mass is 434 g/mol. The molecular formula is C26H34N4O2. The predicted molar refractivity (Wildman–Crippen MR) is 129 cm³/mol. The standard InChI is InChI=1S/C26H34N4O2/c1-2-27-25(29-19-26(14-8-15-26)21-10-4-3-5-11-21)28-18-20-9-6-12-22(17-20)30-24(31)23-13-7-16-32-23/h3-6,9-12,17,23H,2,7-8,13-16,18-19H2,1H3,(H,30,31)(H2,27,28,29). The van der Waals surface area contributed by atoms with E-state index in [0.29, 0.717) is 13.2 Å². The molecule has 2 aromatic rings. The Labute approximate surface area is 190 Å². The molecular weight excluding hydrogens is 400 g/mol. The summed E-state index contributed by atoms with van der Waals surface area (Å²) < 4.78 is 5.47. The maximum atomic E-state index is 12.3. The molecule has 2 aliphatic rings. The van der Waals surface area contributed by atoms with E-state index >= 15 is 0 Å². The zero-order valence-electron chi connectivity index (χ0n) is 18.9. The zero-order chi connectivity index (χ0) is 22.2. The van der Waals surface area contributed by atoms with E-state index in [-0.39, 0.29) is 17.4 Å². The zero-order valence-corrected chi connectivity index (χ0v) is 18.9. The van der Waals surface area contributed by atoms with Gasteiger partial charge in [0.1, 0.15) is 6.10 Å². The fourth-order valence-corrected chi connectivity index (χ4v) is 4.48. The van der Waals surface area contributed by atoms with Crippen LogP contribution < -0.4 is 16.0 Å². The van der Waals surface area contributed by atoms with Gasteiger partial charge in [-0.3, -0.25) is 4.79 Å². The fourth-order valence-electron chi connectivity index (χ4n) is 4.48. The molecule has 0 spiro atoms. The summed E-state index contributed by atoms with van der Waals surface area (Å²) in [5, 5.41) is 9.90. The number of hydrogen-bond donors (Lipinski definition) is 3. The minimum absolute atomic E-state index is 0.0649. The summed E-state index contributed by atoms with van der Waals surface area (Å²) >= 11 is 0. The number of carbonyl (C=O) groups is 1. The Morgan fingerprint density at radius 3 is 2.62 bits per heavy atom. The van der Waals surface area contributed by atoms with Crippen LogP contribution in [0.1, 0.15) is 50.2 Å². The van der Waals surface area contributed by atoms with Crippen LogP contribution in [-0.2, 0) is 21.5 Å². The maximum Gasteiger partial charge on any atom is 0.253 e. The molecule has 170 valence electrons. The molecule has 0 aromatic heterocycles. The van der Waals surface area contributed by atoms with Crippen LogP contribution in [0.3, 0.4) is 0 Å². The van der Waals surface area contributed by atoms with E-state index in [0.717, 1.165) is 43.1 Å². The van der Waals surface area contributed by atoms with Crippen molar-refractivity contribution in [1.29, 1.82) is 0 Å². The lowest BCUT2D eigenvalue weighted by Crippen LogP contribution is -2.48. The molecule has 6 heteroatoms. The Kier molecular flexibility index (Phi) is 7.43. The molecule has 1 amide bonds. The average Bonchev–Trinajstić information content (AvgIpc) is 3.33. The lowest BCUT2D eigenvalue weighted by atomic mass is 9.64. The fraction of sp³-hybridized carbons (Fsp3) is 0.462. The van der Waals surface area contributed by atoms with Crippen molar-refractivity contribution >= 4 is 17.6 Å². The molecule has 4 rings (SSSR count). The van der Waals surface area contributed by atoms with Gasteiger partial charge in [-0.05, 0) is 55.9 Å². The molecule has 2 fully saturated rings. The first-order valence-electron chi connectivity index (χ1n) is 11.8. The van der Waals surface area contributed by atoms with Crippen molar-refractivity contribution < 1.29 is 9.53 Å². The second-order valence-electron chi connectivity index (χ2n) is 8.74. The van der Waals surface area contributed by atoms with Gasteiger partial charge in [0.15, 0.2) is 5.96 Å². The number of ether oxygens (including phenoxy) is 1. The number of amides is 1. The van der Waals surface area contributed by atoms with Gasteiger partial charge < -0.3 is 20.7 Å². The molecule has 1 saturated heterocycles. The van der Waals surface area contributed by atoms with Crippen LogP contribution in [-0.4, -0.2) is 37.7 Å². The molecule has 3 N–H and O–H groups in total. The predicted octanol–water partition coefficient (Wildman–Crippen LogP) is 3.98. The van der Waals surface area contributed by atoms with E-state index in [1.165, 1.54) is 24.8 Å². The Balaban J connectivity index is 1.37. The third kappa shape index (κ3) is 5.49. The number of rotatable bonds is 8. The third-order valence-electron chi connectivity index (χ3n) is 6.47. The van der Waals surface area contributed by atoms with Crippen LogP contribution in [0.15, 0.2) is 59.6 Å². The normalized spacial score (nSPS) is 19.8. The second kappa shape index (κ2) is 10.6. The van der Waals surface area contributed by atoms with Gasteiger partial charge in [0.25, 0.3) is 5.91 Å². The summed E-state index contributed by atoms with van der Waals surface area (Å²) in [6, 6.07) is 18.7. The number of anilines is 1. The van der Waals surface area contributed by atoms with Crippen molar-refractivity contribution in [2.24, 2.45) is 4.99 Å². The topological polar surface area (TPSA) is 74.8 Å². The van der Waals surface area contributed by atoms with Gasteiger partial charge in [-0.25, -0.2) is 4.99 Å². The average molecular weight is 435 g/mol. The maximum absolute atomic E-state index is 12.3. The number of guanidine groups is 1. The first-order valence-corrected chi connectivity index (χ1v) is 11.8. The first kappa shape index (κ1) is 22.3. The molecule has 0 radical (unpaired) electrons. The summed E-state index contributed by atoms with van der Waals surface area (Å²) in [5.74, 6) is 0.758. The summed E-state index contributed by atoms with van der Waals surface area (Å²) in [7, 11) is 0. The number of nitrogens with zero attached hydrogens (tertiary/aromatic N) is 1. The SMILES string of the molecule is CCNC(=NCc1cccc(NC(=O)C2CCCO2)c1)NCC1(c2ccccc2)CCC1. The summed E-state index contributed by atoms with van der Waals surface area (Å²) in [5.41, 5.74) is 3.44. The number of aliphatic imine (C=N–C) groups is 1. The van der Waals surface area contributed by atoms with Gasteiger partial charge in [-0.1, -0.05) is 48.9 Å². The van der Waals surface area contributed by atoms with Crippen LogP contribution in [0.2, 0.25) is 0 Å². The number of hydrogen-bond acceptors (Lipinski definition) is 3. The number of carbonyl (C=O) groups excluding carboxylic acids is 1. The Morgan fingerprint density at radius 2 is 1.94 bits per heavy atom. The van der Waals surface area contributed by atoms with Crippen molar-refractivity contribution in [3.8, 4) is 0 Å². The van der Waals surface area contributed by atoms with Gasteiger partial charge >= 0.3 is 0 Å². The molecule has 1 heterocycles. The highest BCUT2D eigenvalue weighted by atomic mass is 16.5. The highest BCUT2D eigenvalue weighted by molar-refractivity contribution is 5.94. The molecule has 1 saturated carbocycles. The van der Waals surface area contributed by atoms with Gasteiger partial charge in [-0.15, -0.1) is 0 Å². The van der Waals surface area contributed by atoms with Crippen LogP contribution in [0.5, 0.6) is 0 Å². The highest BCUT2D eigenvalue weighted by Gasteiger charge is 2.38. The first-order chi connectivity index (χ1) is 15.7. The van der Waals surface area contributed by atoms with Crippen LogP contribution >= 0.6 is 0 Å². The van der Waals surface area contributed by atoms with E-state index in [1.807, 2.05) is 24.3 Å². The minimum Gasteiger partial charge on any atom is -0.368 e. The van der Waals surface area contributed by atoms with Crippen LogP contribution in [0.25, 0.3) is 0 Å². The third-order valence-corrected chi connectivity index (χ3v) is 6.47. The molecule has 1 aliphatic heterocycles. The van der Waals surface area contributed by atoms with Gasteiger partial charge in [0.2, 0.25) is 0 Å². The lowest BCUT2D eigenvalue weighted by molar-refractivity contribution is -0.124. The van der Waals surface area contributed by atoms with Crippen LogP contribution in [0.4, 0.5) is 5.69 Å². The molecule has 6 nitrogen and oxygen atoms in total. The molecule has 2 aromatic carbocycles. The Morgan fingerprint density at radius 1 is 1.09 bits per heavy atom.